The quantitative estimate of drug-likeness (QED) is 0.676. The van der Waals surface area contributed by atoms with Crippen LogP contribution in [0.5, 0.6) is 0 Å². The number of anilines is 2. The highest BCUT2D eigenvalue weighted by Gasteiger charge is 2.31. The molecular weight excluding hydrogens is 304 g/mol. The fourth-order valence-corrected chi connectivity index (χ4v) is 3.11. The highest BCUT2D eigenvalue weighted by Crippen LogP contribution is 2.33. The highest BCUT2D eigenvalue weighted by atomic mass is 16.3. The predicted molar refractivity (Wildman–Crippen MR) is 91.2 cm³/mol. The Balaban J connectivity index is 1.64. The number of aliphatic hydroxyl groups is 1. The normalized spacial score (nSPS) is 19.2. The fraction of sp³-hybridized carbons (Fsp3) is 0.235. The summed E-state index contributed by atoms with van der Waals surface area (Å²) in [6.07, 6.45) is 3.48. The van der Waals surface area contributed by atoms with Crippen LogP contribution in [-0.4, -0.2) is 31.0 Å². The van der Waals surface area contributed by atoms with E-state index in [2.05, 4.69) is 20.4 Å². The number of fused-ring (bicyclic) bond motifs is 1. The van der Waals surface area contributed by atoms with Gasteiger partial charge in [-0.15, -0.1) is 0 Å². The van der Waals surface area contributed by atoms with E-state index in [1.165, 1.54) is 0 Å². The smallest absolute Gasteiger partial charge is 0.223 e. The Labute approximate surface area is 139 Å². The van der Waals surface area contributed by atoms with Crippen LogP contribution in [0, 0.1) is 0 Å². The van der Waals surface area contributed by atoms with Crippen LogP contribution >= 0.6 is 0 Å². The number of nitrogens with zero attached hydrogens (tertiary/aromatic N) is 4. The molecule has 7 heteroatoms. The van der Waals surface area contributed by atoms with E-state index < -0.39 is 6.10 Å². The van der Waals surface area contributed by atoms with Gasteiger partial charge in [-0.3, -0.25) is 4.68 Å². The second kappa shape index (κ2) is 5.61. The van der Waals surface area contributed by atoms with Gasteiger partial charge in [-0.1, -0.05) is 24.3 Å². The zero-order valence-electron chi connectivity index (χ0n) is 13.2. The molecule has 0 saturated carbocycles. The summed E-state index contributed by atoms with van der Waals surface area (Å²) < 4.78 is 1.60. The van der Waals surface area contributed by atoms with Gasteiger partial charge in [0, 0.05) is 19.7 Å². The van der Waals surface area contributed by atoms with Crippen molar-refractivity contribution in [2.75, 3.05) is 11.1 Å². The lowest BCUT2D eigenvalue weighted by molar-refractivity contribution is 0.165. The van der Waals surface area contributed by atoms with Crippen LogP contribution in [0.25, 0.3) is 11.3 Å². The fourth-order valence-electron chi connectivity index (χ4n) is 3.11. The number of hydrogen-bond acceptors (Lipinski definition) is 6. The summed E-state index contributed by atoms with van der Waals surface area (Å²) in [7, 11) is 1.78. The number of nitrogens with one attached hydrogen (secondary N) is 1. The third-order valence-electron chi connectivity index (χ3n) is 4.40. The molecule has 0 bridgehead atoms. The first-order chi connectivity index (χ1) is 11.6. The number of hydrogen-bond donors (Lipinski definition) is 3. The molecule has 2 atom stereocenters. The zero-order chi connectivity index (χ0) is 16.7. The maximum atomic E-state index is 10.4. The lowest BCUT2D eigenvalue weighted by atomic mass is 10.1. The number of benzene rings is 1. The maximum absolute atomic E-state index is 10.4. The topological polar surface area (TPSA) is 102 Å². The molecule has 4 N–H and O–H groups in total. The van der Waals surface area contributed by atoms with Crippen molar-refractivity contribution >= 4 is 11.8 Å². The average molecular weight is 322 g/mol. The number of aromatic nitrogens is 4. The molecule has 0 spiro atoms. The molecule has 1 aliphatic rings. The first-order valence-electron chi connectivity index (χ1n) is 7.77. The minimum Gasteiger partial charge on any atom is -0.390 e. The second-order valence-electron chi connectivity index (χ2n) is 5.92. The second-order valence-corrected chi connectivity index (χ2v) is 5.92. The van der Waals surface area contributed by atoms with Crippen molar-refractivity contribution in [3.63, 3.8) is 0 Å². The monoisotopic (exact) mass is 322 g/mol. The Morgan fingerprint density at radius 2 is 2.12 bits per heavy atom. The summed E-state index contributed by atoms with van der Waals surface area (Å²) in [5.74, 6) is 1.00. The van der Waals surface area contributed by atoms with Gasteiger partial charge in [-0.2, -0.15) is 5.10 Å². The Morgan fingerprint density at radius 3 is 2.92 bits per heavy atom. The molecule has 0 radical (unpaired) electrons. The molecule has 2 aromatic heterocycles. The van der Waals surface area contributed by atoms with E-state index in [1.54, 1.807) is 30.2 Å². The SMILES string of the molecule is Cn1ncc(-c2ccnc(NC3c4ccccc4CC3O)n2)c1N. The number of aliphatic hydroxyl groups excluding tert-OH is 1. The van der Waals surface area contributed by atoms with Crippen molar-refractivity contribution in [2.24, 2.45) is 7.05 Å². The molecule has 4 rings (SSSR count). The van der Waals surface area contributed by atoms with Gasteiger partial charge in [0.25, 0.3) is 0 Å². The average Bonchev–Trinajstić information content (AvgIpc) is 3.08. The molecule has 0 saturated heterocycles. The number of rotatable bonds is 3. The summed E-state index contributed by atoms with van der Waals surface area (Å²) in [6.45, 7) is 0. The maximum Gasteiger partial charge on any atom is 0.223 e. The van der Waals surface area contributed by atoms with Crippen molar-refractivity contribution in [1.82, 2.24) is 19.7 Å². The van der Waals surface area contributed by atoms with Gasteiger partial charge in [0.2, 0.25) is 5.95 Å². The molecule has 1 aromatic carbocycles. The molecule has 0 amide bonds. The van der Waals surface area contributed by atoms with Crippen molar-refractivity contribution < 1.29 is 5.11 Å². The molecular formula is C17H18N6O. The number of nitrogen functional groups attached to an aromatic ring is 1. The Bertz CT molecular complexity index is 890. The summed E-state index contributed by atoms with van der Waals surface area (Å²) in [5, 5.41) is 17.7. The van der Waals surface area contributed by atoms with E-state index in [0.29, 0.717) is 23.9 Å². The van der Waals surface area contributed by atoms with E-state index in [9.17, 15) is 5.11 Å². The van der Waals surface area contributed by atoms with Crippen LogP contribution in [-0.2, 0) is 13.5 Å². The predicted octanol–water partition coefficient (Wildman–Crippen LogP) is 1.53. The molecule has 0 fully saturated rings. The minimum absolute atomic E-state index is 0.220. The molecule has 0 aliphatic heterocycles. The zero-order valence-corrected chi connectivity index (χ0v) is 13.2. The van der Waals surface area contributed by atoms with E-state index in [1.807, 2.05) is 24.3 Å². The van der Waals surface area contributed by atoms with Crippen LogP contribution in [0.4, 0.5) is 11.8 Å². The summed E-state index contributed by atoms with van der Waals surface area (Å²) in [5.41, 5.74) is 9.70. The van der Waals surface area contributed by atoms with Gasteiger partial charge in [0.15, 0.2) is 0 Å². The van der Waals surface area contributed by atoms with Gasteiger partial charge >= 0.3 is 0 Å². The highest BCUT2D eigenvalue weighted by molar-refractivity contribution is 5.70. The van der Waals surface area contributed by atoms with Crippen LogP contribution in [0.3, 0.4) is 0 Å². The molecule has 2 heterocycles. The molecule has 1 aliphatic carbocycles. The van der Waals surface area contributed by atoms with Gasteiger partial charge in [0.1, 0.15) is 5.82 Å². The molecule has 24 heavy (non-hydrogen) atoms. The summed E-state index contributed by atoms with van der Waals surface area (Å²) in [4.78, 5) is 8.79. The third-order valence-corrected chi connectivity index (χ3v) is 4.40. The lowest BCUT2D eigenvalue weighted by Crippen LogP contribution is -2.22. The molecule has 2 unspecified atom stereocenters. The Kier molecular flexibility index (Phi) is 3.42. The number of nitrogens with two attached hydrogens (primary N) is 1. The minimum atomic E-state index is -0.502. The van der Waals surface area contributed by atoms with Crippen molar-refractivity contribution in [1.29, 1.82) is 0 Å². The first kappa shape index (κ1) is 14.6. The van der Waals surface area contributed by atoms with Crippen molar-refractivity contribution in [3.8, 4) is 11.3 Å². The largest absolute Gasteiger partial charge is 0.390 e. The van der Waals surface area contributed by atoms with Crippen molar-refractivity contribution in [3.05, 3.63) is 53.9 Å². The molecule has 7 nitrogen and oxygen atoms in total. The Morgan fingerprint density at radius 1 is 1.29 bits per heavy atom. The number of aryl methyl sites for hydroxylation is 1. The lowest BCUT2D eigenvalue weighted by Gasteiger charge is -2.18. The van der Waals surface area contributed by atoms with E-state index in [0.717, 1.165) is 16.7 Å². The van der Waals surface area contributed by atoms with Crippen LogP contribution in [0.15, 0.2) is 42.7 Å². The Hall–Kier alpha value is -2.93. The van der Waals surface area contributed by atoms with Crippen molar-refractivity contribution in [2.45, 2.75) is 18.6 Å². The summed E-state index contributed by atoms with van der Waals surface area (Å²) >= 11 is 0. The molecule has 3 aromatic rings. The first-order valence-corrected chi connectivity index (χ1v) is 7.77. The summed E-state index contributed by atoms with van der Waals surface area (Å²) in [6, 6.07) is 9.58. The van der Waals surface area contributed by atoms with Crippen LogP contribution in [0.2, 0.25) is 0 Å². The van der Waals surface area contributed by atoms with Crippen LogP contribution in [0.1, 0.15) is 17.2 Å². The van der Waals surface area contributed by atoms with Gasteiger partial charge in [-0.05, 0) is 17.2 Å². The third kappa shape index (κ3) is 2.39. The van der Waals surface area contributed by atoms with Crippen LogP contribution < -0.4 is 11.1 Å². The van der Waals surface area contributed by atoms with E-state index in [-0.39, 0.29) is 6.04 Å². The van der Waals surface area contributed by atoms with Gasteiger partial charge in [0.05, 0.1) is 29.6 Å². The van der Waals surface area contributed by atoms with E-state index >= 15 is 0 Å². The molecule has 122 valence electrons. The van der Waals surface area contributed by atoms with E-state index in [4.69, 9.17) is 5.73 Å². The van der Waals surface area contributed by atoms with Gasteiger partial charge in [-0.25, -0.2) is 9.97 Å². The standard InChI is InChI=1S/C17H18N6O/c1-23-16(18)12(9-20-23)13-6-7-19-17(21-13)22-15-11-5-3-2-4-10(11)8-14(15)24/h2-7,9,14-15,24H,8,18H2,1H3,(H,19,21,22). The van der Waals surface area contributed by atoms with Gasteiger partial charge < -0.3 is 16.2 Å².